The molecular formula is C40H25NO2S. The van der Waals surface area contributed by atoms with E-state index in [1.165, 1.54) is 0 Å². The minimum absolute atomic E-state index is 0.214. The van der Waals surface area contributed by atoms with Crippen molar-refractivity contribution in [2.24, 2.45) is 0 Å². The molecule has 6 aromatic carbocycles. The fraction of sp³-hybridized carbons (Fsp3) is 0. The van der Waals surface area contributed by atoms with Gasteiger partial charge >= 0.3 is 0 Å². The molecule has 44 heavy (non-hydrogen) atoms. The van der Waals surface area contributed by atoms with Crippen molar-refractivity contribution >= 4 is 66.9 Å². The second-order valence-electron chi connectivity index (χ2n) is 10.9. The number of hydrogen-bond acceptors (Lipinski definition) is 4. The van der Waals surface area contributed by atoms with E-state index in [4.69, 9.17) is 0 Å². The lowest BCUT2D eigenvalue weighted by Gasteiger charge is -2.25. The number of anilines is 3. The van der Waals surface area contributed by atoms with Crippen molar-refractivity contribution < 1.29 is 9.59 Å². The molecule has 1 aliphatic rings. The van der Waals surface area contributed by atoms with E-state index in [9.17, 15) is 9.59 Å². The summed E-state index contributed by atoms with van der Waals surface area (Å²) in [4.78, 5) is 30.4. The third-order valence-corrected chi connectivity index (χ3v) is 9.35. The van der Waals surface area contributed by atoms with Crippen molar-refractivity contribution in [3.05, 3.63) is 167 Å². The first-order valence-electron chi connectivity index (χ1n) is 14.5. The number of carbonyl (C=O) groups excluding carboxylic acids is 2. The number of para-hydroxylation sites is 1. The molecule has 1 aliphatic carbocycles. The number of ketones is 2. The summed E-state index contributed by atoms with van der Waals surface area (Å²) in [5.41, 5.74) is 5.49. The lowest BCUT2D eigenvalue weighted by Crippen LogP contribution is -2.08. The molecule has 0 saturated carbocycles. The van der Waals surface area contributed by atoms with Crippen LogP contribution in [0.15, 0.2) is 151 Å². The Morgan fingerprint density at radius 3 is 1.73 bits per heavy atom. The summed E-state index contributed by atoms with van der Waals surface area (Å²) in [5.74, 6) is -0.435. The van der Waals surface area contributed by atoms with Crippen molar-refractivity contribution in [1.29, 1.82) is 0 Å². The largest absolute Gasteiger partial charge is 0.301 e. The Labute approximate surface area is 259 Å². The van der Waals surface area contributed by atoms with Crippen LogP contribution in [0.5, 0.6) is 0 Å². The second kappa shape index (κ2) is 10.6. The quantitative estimate of drug-likeness (QED) is 0.149. The van der Waals surface area contributed by atoms with Crippen molar-refractivity contribution in [3.8, 4) is 11.1 Å². The van der Waals surface area contributed by atoms with E-state index in [1.807, 2.05) is 72.8 Å². The van der Waals surface area contributed by atoms with Gasteiger partial charge in [-0.3, -0.25) is 9.59 Å². The molecule has 8 rings (SSSR count). The summed E-state index contributed by atoms with van der Waals surface area (Å²) in [5, 5.41) is 4.98. The van der Waals surface area contributed by atoms with Crippen LogP contribution in [0.3, 0.4) is 0 Å². The van der Waals surface area contributed by atoms with Crippen LogP contribution in [0.2, 0.25) is 0 Å². The van der Waals surface area contributed by atoms with Crippen LogP contribution in [0, 0.1) is 0 Å². The average molecular weight is 584 g/mol. The molecule has 0 unspecified atom stereocenters. The van der Waals surface area contributed by atoms with Gasteiger partial charge in [-0.15, -0.1) is 11.3 Å². The fourth-order valence-electron chi connectivity index (χ4n) is 6.06. The van der Waals surface area contributed by atoms with Crippen molar-refractivity contribution in [2.45, 2.75) is 0 Å². The zero-order chi connectivity index (χ0) is 29.6. The van der Waals surface area contributed by atoms with E-state index in [0.717, 1.165) is 53.9 Å². The number of carbonyl (C=O) groups is 2. The first-order valence-corrected chi connectivity index (χ1v) is 15.3. The van der Waals surface area contributed by atoms with E-state index in [0.29, 0.717) is 11.1 Å². The summed E-state index contributed by atoms with van der Waals surface area (Å²) in [6.45, 7) is 0. The molecule has 4 heteroatoms. The lowest BCUT2D eigenvalue weighted by atomic mass is 10.0. The van der Waals surface area contributed by atoms with Gasteiger partial charge in [0.15, 0.2) is 11.6 Å². The van der Waals surface area contributed by atoms with Crippen molar-refractivity contribution in [1.82, 2.24) is 0 Å². The number of allylic oxidation sites excluding steroid dienone is 1. The fourth-order valence-corrected chi connectivity index (χ4v) is 7.32. The molecule has 0 fully saturated rings. The number of hydrogen-bond donors (Lipinski definition) is 0. The van der Waals surface area contributed by atoms with Crippen LogP contribution in [-0.4, -0.2) is 11.6 Å². The second-order valence-corrected chi connectivity index (χ2v) is 11.9. The molecule has 7 aromatic rings. The molecule has 0 radical (unpaired) electrons. The molecule has 0 bridgehead atoms. The smallest absolute Gasteiger partial charge is 0.197 e. The van der Waals surface area contributed by atoms with Crippen LogP contribution >= 0.6 is 11.3 Å². The maximum absolute atomic E-state index is 13.7. The first kappa shape index (κ1) is 26.1. The Hall–Kier alpha value is -5.58. The van der Waals surface area contributed by atoms with Crippen LogP contribution in [0.4, 0.5) is 16.4 Å². The van der Waals surface area contributed by atoms with Gasteiger partial charge in [0.05, 0.1) is 5.57 Å². The van der Waals surface area contributed by atoms with Gasteiger partial charge < -0.3 is 4.90 Å². The van der Waals surface area contributed by atoms with Gasteiger partial charge in [-0.25, -0.2) is 0 Å². The molecule has 0 N–H and O–H groups in total. The maximum atomic E-state index is 13.7. The number of Topliss-reactive ketones (excluding diaryl/α,β-unsaturated/α-hetero) is 2. The molecule has 1 heterocycles. The zero-order valence-electron chi connectivity index (χ0n) is 23.6. The Kier molecular flexibility index (Phi) is 6.28. The predicted molar refractivity (Wildman–Crippen MR) is 183 cm³/mol. The standard InChI is InChI=1S/C40H25NO2S/c42-38-34-23-28-14-7-8-15-29(28)24-35(34)39(43)36(38)25-37-32-20-9-10-21-33(32)40(44-37)41(30-17-5-2-6-18-30)31-19-11-16-27(22-31)26-12-3-1-4-13-26/h1-25H. The Morgan fingerprint density at radius 1 is 0.500 bits per heavy atom. The average Bonchev–Trinajstić information content (AvgIpc) is 3.55. The highest BCUT2D eigenvalue weighted by molar-refractivity contribution is 7.19. The summed E-state index contributed by atoms with van der Waals surface area (Å²) >= 11 is 1.59. The first-order chi connectivity index (χ1) is 21.7. The number of benzene rings is 6. The van der Waals surface area contributed by atoms with E-state index in [2.05, 4.69) is 77.7 Å². The summed E-state index contributed by atoms with van der Waals surface area (Å²) < 4.78 is 0. The normalized spacial score (nSPS) is 12.6. The van der Waals surface area contributed by atoms with E-state index in [1.54, 1.807) is 17.4 Å². The predicted octanol–water partition coefficient (Wildman–Crippen LogP) is 10.7. The minimum Gasteiger partial charge on any atom is -0.301 e. The molecule has 0 aliphatic heterocycles. The van der Waals surface area contributed by atoms with Crippen LogP contribution in [-0.2, 0) is 0 Å². The third-order valence-electron chi connectivity index (χ3n) is 8.20. The third kappa shape index (κ3) is 4.36. The zero-order valence-corrected chi connectivity index (χ0v) is 24.4. The molecule has 0 atom stereocenters. The SMILES string of the molecule is O=C1C(=Cc2sc(N(c3ccccc3)c3cccc(-c4ccccc4)c3)c3ccccc23)C(=O)c2cc3ccccc3cc21. The number of nitrogens with zero attached hydrogens (tertiary/aromatic N) is 1. The van der Waals surface area contributed by atoms with Gasteiger partial charge in [0.1, 0.15) is 5.00 Å². The van der Waals surface area contributed by atoms with E-state index < -0.39 is 0 Å². The molecule has 0 saturated heterocycles. The minimum atomic E-state index is -0.217. The Balaban J connectivity index is 1.29. The summed E-state index contributed by atoms with van der Waals surface area (Å²) in [7, 11) is 0. The number of fused-ring (bicyclic) bond motifs is 3. The van der Waals surface area contributed by atoms with Crippen LogP contribution < -0.4 is 4.90 Å². The van der Waals surface area contributed by atoms with Gasteiger partial charge in [0, 0.05) is 38.2 Å². The Bertz CT molecular complexity index is 2210. The van der Waals surface area contributed by atoms with Gasteiger partial charge in [0.25, 0.3) is 0 Å². The van der Waals surface area contributed by atoms with Gasteiger partial charge in [0.2, 0.25) is 0 Å². The van der Waals surface area contributed by atoms with Gasteiger partial charge in [-0.1, -0.05) is 109 Å². The maximum Gasteiger partial charge on any atom is 0.197 e. The number of rotatable bonds is 5. The van der Waals surface area contributed by atoms with Crippen LogP contribution in [0.1, 0.15) is 25.6 Å². The highest BCUT2D eigenvalue weighted by atomic mass is 32.1. The summed E-state index contributed by atoms with van der Waals surface area (Å²) in [6, 6.07) is 49.0. The molecule has 3 nitrogen and oxygen atoms in total. The van der Waals surface area contributed by atoms with Crippen LogP contribution in [0.25, 0.3) is 38.7 Å². The van der Waals surface area contributed by atoms with E-state index >= 15 is 0 Å². The van der Waals surface area contributed by atoms with Gasteiger partial charge in [-0.05, 0) is 64.4 Å². The Morgan fingerprint density at radius 2 is 1.05 bits per heavy atom. The lowest BCUT2D eigenvalue weighted by molar-refractivity contribution is 0.0990. The highest BCUT2D eigenvalue weighted by Gasteiger charge is 2.34. The molecule has 208 valence electrons. The monoisotopic (exact) mass is 583 g/mol. The topological polar surface area (TPSA) is 37.4 Å². The van der Waals surface area contributed by atoms with Crippen molar-refractivity contribution in [3.63, 3.8) is 0 Å². The summed E-state index contributed by atoms with van der Waals surface area (Å²) in [6.07, 6.45) is 1.80. The molecule has 0 amide bonds. The molecule has 0 spiro atoms. The molecule has 1 aromatic heterocycles. The number of thiophene rings is 1. The highest BCUT2D eigenvalue weighted by Crippen LogP contribution is 2.47. The van der Waals surface area contributed by atoms with Crippen molar-refractivity contribution in [2.75, 3.05) is 4.90 Å². The van der Waals surface area contributed by atoms with Gasteiger partial charge in [-0.2, -0.15) is 0 Å². The molecular weight excluding hydrogens is 559 g/mol. The van der Waals surface area contributed by atoms with E-state index in [-0.39, 0.29) is 17.1 Å².